The molecule has 1 aromatic rings. The molecule has 1 N–H and O–H groups in total. The molecule has 0 aromatic heterocycles. The number of piperidine rings is 1. The summed E-state index contributed by atoms with van der Waals surface area (Å²) in [5.41, 5.74) is -1.19. The van der Waals surface area contributed by atoms with Gasteiger partial charge < -0.3 is 5.32 Å². The molecule has 20 heavy (non-hydrogen) atoms. The average molecular weight is 347 g/mol. The monoisotopic (exact) mass is 345 g/mol. The van der Waals surface area contributed by atoms with Crippen LogP contribution in [-0.4, -0.2) is 16.9 Å². The maximum atomic E-state index is 12.8. The summed E-state index contributed by atoms with van der Waals surface area (Å²) in [6, 6.07) is 5.07. The molecule has 2 rings (SSSR count). The zero-order chi connectivity index (χ0) is 15.0. The van der Waals surface area contributed by atoms with Crippen molar-refractivity contribution in [3.8, 4) is 0 Å². The largest absolute Gasteiger partial charge is 0.416 e. The highest BCUT2D eigenvalue weighted by atomic mass is 35.6. The van der Waals surface area contributed by atoms with Crippen LogP contribution in [0.2, 0.25) is 0 Å². The highest BCUT2D eigenvalue weighted by Crippen LogP contribution is 2.52. The van der Waals surface area contributed by atoms with Gasteiger partial charge in [0.2, 0.25) is 0 Å². The van der Waals surface area contributed by atoms with Crippen LogP contribution < -0.4 is 5.32 Å². The van der Waals surface area contributed by atoms with Crippen LogP contribution in [0.3, 0.4) is 0 Å². The predicted molar refractivity (Wildman–Crippen MR) is 75.5 cm³/mol. The number of benzene rings is 1. The third kappa shape index (κ3) is 3.03. The number of hydrogen-bond acceptors (Lipinski definition) is 1. The van der Waals surface area contributed by atoms with Crippen molar-refractivity contribution in [2.75, 3.05) is 13.1 Å². The van der Waals surface area contributed by atoms with Crippen LogP contribution in [0.1, 0.15) is 24.0 Å². The molecule has 0 aliphatic carbocycles. The third-order valence-corrected chi connectivity index (χ3v) is 4.83. The maximum absolute atomic E-state index is 12.8. The topological polar surface area (TPSA) is 12.0 Å². The second-order valence-corrected chi connectivity index (χ2v) is 7.19. The van der Waals surface area contributed by atoms with Crippen LogP contribution in [-0.2, 0) is 11.6 Å². The molecule has 1 saturated heterocycles. The maximum Gasteiger partial charge on any atom is 0.416 e. The van der Waals surface area contributed by atoms with Gasteiger partial charge >= 0.3 is 6.18 Å². The second kappa shape index (κ2) is 5.56. The van der Waals surface area contributed by atoms with Crippen molar-refractivity contribution in [3.05, 3.63) is 35.4 Å². The molecule has 1 fully saturated rings. The van der Waals surface area contributed by atoms with Crippen molar-refractivity contribution in [3.63, 3.8) is 0 Å². The Hall–Kier alpha value is -0.160. The molecule has 0 saturated carbocycles. The minimum Gasteiger partial charge on any atom is -0.317 e. The Morgan fingerprint density at radius 1 is 1.05 bits per heavy atom. The van der Waals surface area contributed by atoms with Gasteiger partial charge in [0, 0.05) is 5.41 Å². The van der Waals surface area contributed by atoms with Crippen LogP contribution in [0.5, 0.6) is 0 Å². The predicted octanol–water partition coefficient (Wildman–Crippen LogP) is 4.70. The molecule has 0 atom stereocenters. The summed E-state index contributed by atoms with van der Waals surface area (Å²) >= 11 is 18.3. The molecule has 0 unspecified atom stereocenters. The van der Waals surface area contributed by atoms with Gasteiger partial charge in [-0.3, -0.25) is 0 Å². The van der Waals surface area contributed by atoms with E-state index in [2.05, 4.69) is 5.32 Å². The van der Waals surface area contributed by atoms with E-state index in [1.165, 1.54) is 6.07 Å². The minimum atomic E-state index is -4.41. The molecule has 0 bridgehead atoms. The summed E-state index contributed by atoms with van der Waals surface area (Å²) in [5.74, 6) is 0. The lowest BCUT2D eigenvalue weighted by Crippen LogP contribution is -2.48. The highest BCUT2D eigenvalue weighted by molar-refractivity contribution is 6.68. The zero-order valence-corrected chi connectivity index (χ0v) is 12.7. The molecule has 0 amide bonds. The first kappa shape index (κ1) is 16.2. The highest BCUT2D eigenvalue weighted by Gasteiger charge is 2.50. The van der Waals surface area contributed by atoms with Gasteiger partial charge in [-0.05, 0) is 37.6 Å². The third-order valence-electron chi connectivity index (χ3n) is 3.74. The fourth-order valence-corrected chi connectivity index (χ4v) is 3.48. The van der Waals surface area contributed by atoms with Gasteiger partial charge in [-0.25, -0.2) is 0 Å². The van der Waals surface area contributed by atoms with Gasteiger partial charge in [0.1, 0.15) is 0 Å². The Morgan fingerprint density at radius 2 is 1.65 bits per heavy atom. The fraction of sp³-hybridized carbons (Fsp3) is 0.538. The van der Waals surface area contributed by atoms with E-state index < -0.39 is 20.9 Å². The van der Waals surface area contributed by atoms with Gasteiger partial charge in [0.15, 0.2) is 3.79 Å². The Labute approximate surface area is 130 Å². The van der Waals surface area contributed by atoms with E-state index in [-0.39, 0.29) is 0 Å². The lowest BCUT2D eigenvalue weighted by atomic mass is 9.74. The summed E-state index contributed by atoms with van der Waals surface area (Å²) < 4.78 is 36.9. The van der Waals surface area contributed by atoms with Crippen LogP contribution in [0.15, 0.2) is 24.3 Å². The van der Waals surface area contributed by atoms with Crippen molar-refractivity contribution < 1.29 is 13.2 Å². The molecule has 1 nitrogen and oxygen atoms in total. The van der Waals surface area contributed by atoms with Crippen LogP contribution in [0, 0.1) is 0 Å². The molecule has 112 valence electrons. The standard InChI is InChI=1S/C13H13Cl3F3N/c14-13(15,16)11(4-6-20-7-5-11)9-2-1-3-10(8-9)12(17,18)19/h1-3,8,20H,4-7H2. The van der Waals surface area contributed by atoms with E-state index in [1.54, 1.807) is 6.07 Å². The van der Waals surface area contributed by atoms with Crippen molar-refractivity contribution in [1.82, 2.24) is 5.32 Å². The van der Waals surface area contributed by atoms with E-state index in [0.29, 0.717) is 31.5 Å². The van der Waals surface area contributed by atoms with Crippen molar-refractivity contribution in [2.45, 2.75) is 28.2 Å². The van der Waals surface area contributed by atoms with Gasteiger partial charge in [0.05, 0.1) is 5.56 Å². The SMILES string of the molecule is FC(F)(F)c1cccc(C2(C(Cl)(Cl)Cl)CCNCC2)c1. The molecule has 0 radical (unpaired) electrons. The molecular formula is C13H13Cl3F3N. The average Bonchev–Trinajstić information content (AvgIpc) is 2.37. The summed E-state index contributed by atoms with van der Waals surface area (Å²) in [6.07, 6.45) is -3.45. The second-order valence-electron chi connectivity index (χ2n) is 4.91. The molecular weight excluding hydrogens is 334 g/mol. The van der Waals surface area contributed by atoms with Crippen molar-refractivity contribution in [2.24, 2.45) is 0 Å². The lowest BCUT2D eigenvalue weighted by molar-refractivity contribution is -0.137. The number of alkyl halides is 6. The molecule has 1 aliphatic rings. The first-order valence-corrected chi connectivity index (χ1v) is 7.25. The van der Waals surface area contributed by atoms with E-state index in [1.807, 2.05) is 0 Å². The van der Waals surface area contributed by atoms with E-state index in [9.17, 15) is 13.2 Å². The van der Waals surface area contributed by atoms with Gasteiger partial charge in [0.25, 0.3) is 0 Å². The van der Waals surface area contributed by atoms with Gasteiger partial charge in [-0.15, -0.1) is 0 Å². The smallest absolute Gasteiger partial charge is 0.317 e. The molecule has 0 spiro atoms. The minimum absolute atomic E-state index is 0.425. The van der Waals surface area contributed by atoms with E-state index >= 15 is 0 Å². The van der Waals surface area contributed by atoms with Gasteiger partial charge in [-0.1, -0.05) is 53.0 Å². The number of halogens is 6. The number of rotatable bonds is 1. The first-order valence-electron chi connectivity index (χ1n) is 6.12. The summed E-state index contributed by atoms with van der Waals surface area (Å²) in [4.78, 5) is 0. The van der Waals surface area contributed by atoms with Crippen molar-refractivity contribution in [1.29, 1.82) is 0 Å². The summed E-state index contributed by atoms with van der Waals surface area (Å²) in [5, 5.41) is 3.13. The normalized spacial score (nSPS) is 19.9. The summed E-state index contributed by atoms with van der Waals surface area (Å²) in [6.45, 7) is 1.20. The van der Waals surface area contributed by atoms with Crippen LogP contribution in [0.25, 0.3) is 0 Å². The molecule has 1 aliphatic heterocycles. The quantitative estimate of drug-likeness (QED) is 0.727. The molecule has 1 aromatic carbocycles. The van der Waals surface area contributed by atoms with E-state index in [4.69, 9.17) is 34.8 Å². The fourth-order valence-electron chi connectivity index (χ4n) is 2.58. The molecule has 1 heterocycles. The Balaban J connectivity index is 2.50. The Morgan fingerprint density at radius 3 is 2.15 bits per heavy atom. The first-order chi connectivity index (χ1) is 9.17. The summed E-state index contributed by atoms with van der Waals surface area (Å²) in [7, 11) is 0. The Kier molecular flexibility index (Phi) is 4.51. The van der Waals surface area contributed by atoms with Crippen LogP contribution >= 0.6 is 34.8 Å². The lowest BCUT2D eigenvalue weighted by Gasteiger charge is -2.43. The zero-order valence-electron chi connectivity index (χ0n) is 10.4. The Bertz CT molecular complexity index is 476. The van der Waals surface area contributed by atoms with Gasteiger partial charge in [-0.2, -0.15) is 13.2 Å². The van der Waals surface area contributed by atoms with Crippen molar-refractivity contribution >= 4 is 34.8 Å². The van der Waals surface area contributed by atoms with E-state index in [0.717, 1.165) is 12.1 Å². The van der Waals surface area contributed by atoms with Crippen LogP contribution in [0.4, 0.5) is 13.2 Å². The number of nitrogens with one attached hydrogen (secondary N) is 1. The number of hydrogen-bond donors (Lipinski definition) is 1. The molecule has 7 heteroatoms.